The number of aliphatic hydroxyl groups is 1. The molecule has 0 aliphatic carbocycles. The van der Waals surface area contributed by atoms with Crippen molar-refractivity contribution in [1.82, 2.24) is 25.4 Å². The summed E-state index contributed by atoms with van der Waals surface area (Å²) in [6.45, 7) is 21.6. The Labute approximate surface area is 422 Å². The van der Waals surface area contributed by atoms with Gasteiger partial charge in [0, 0.05) is 50.5 Å². The molecule has 4 aromatic rings. The maximum Gasteiger partial charge on any atom is 0.407 e. The Morgan fingerprint density at radius 3 is 2.31 bits per heavy atom. The molecule has 19 heteroatoms. The van der Waals surface area contributed by atoms with Crippen LogP contribution in [0.25, 0.3) is 15.3 Å². The molecule has 3 aromatic carbocycles. The number of alkyl halides is 3. The van der Waals surface area contributed by atoms with Crippen molar-refractivity contribution in [2.45, 2.75) is 116 Å². The van der Waals surface area contributed by atoms with Gasteiger partial charge in [0.1, 0.15) is 17.6 Å². The number of halogens is 3. The number of nitrogens with one attached hydrogen (secondary N) is 2. The number of hydrogen-bond acceptors (Lipinski definition) is 10. The van der Waals surface area contributed by atoms with Crippen molar-refractivity contribution >= 4 is 69.4 Å². The summed E-state index contributed by atoms with van der Waals surface area (Å²) in [6, 6.07) is 17.0. The van der Waals surface area contributed by atoms with Crippen LogP contribution < -0.4 is 20.4 Å². The van der Waals surface area contributed by atoms with Crippen LogP contribution in [0.1, 0.15) is 95.0 Å². The average Bonchev–Trinajstić information content (AvgIpc) is 4.00. The van der Waals surface area contributed by atoms with Gasteiger partial charge in [0.25, 0.3) is 5.91 Å². The van der Waals surface area contributed by atoms with E-state index in [1.54, 1.807) is 30.1 Å². The Morgan fingerprint density at radius 1 is 1.01 bits per heavy atom. The van der Waals surface area contributed by atoms with Crippen molar-refractivity contribution in [3.8, 4) is 10.4 Å². The number of likely N-dealkylation sites (tertiary alicyclic amines) is 2. The second kappa shape index (κ2) is 21.9. The summed E-state index contributed by atoms with van der Waals surface area (Å²) in [5.74, 6) is -1.26. The highest BCUT2D eigenvalue weighted by Gasteiger charge is 2.51. The highest BCUT2D eigenvalue weighted by atomic mass is 32.1. The maximum atomic E-state index is 14.0. The van der Waals surface area contributed by atoms with Gasteiger partial charge in [0.05, 0.1) is 40.9 Å². The highest BCUT2D eigenvalue weighted by Crippen LogP contribution is 2.42. The molecule has 3 aliphatic heterocycles. The minimum Gasteiger partial charge on any atom is -0.391 e. The summed E-state index contributed by atoms with van der Waals surface area (Å²) >= 11 is 7.28. The Bertz CT molecular complexity index is 2640. The van der Waals surface area contributed by atoms with Gasteiger partial charge < -0.3 is 35.2 Å². The lowest BCUT2D eigenvalue weighted by Crippen LogP contribution is -2.57. The number of thiocarbonyl (C=S) groups is 1. The van der Waals surface area contributed by atoms with Crippen molar-refractivity contribution in [3.05, 3.63) is 106 Å². The van der Waals surface area contributed by atoms with Crippen LogP contribution in [-0.4, -0.2) is 112 Å². The topological polar surface area (TPSA) is 152 Å². The molecule has 71 heavy (non-hydrogen) atoms. The Morgan fingerprint density at radius 2 is 1.69 bits per heavy atom. The van der Waals surface area contributed by atoms with Crippen LogP contribution in [0.2, 0.25) is 0 Å². The Balaban J connectivity index is 0.826. The molecule has 0 saturated carbocycles. The number of aromatic nitrogens is 1. The van der Waals surface area contributed by atoms with Crippen LogP contribution in [0.15, 0.2) is 72.2 Å². The second-order valence-corrected chi connectivity index (χ2v) is 21.2. The van der Waals surface area contributed by atoms with Gasteiger partial charge in [-0.15, -0.1) is 11.3 Å². The Kier molecular flexibility index (Phi) is 16.4. The molecule has 14 nitrogen and oxygen atoms in total. The normalized spacial score (nSPS) is 19.3. The van der Waals surface area contributed by atoms with E-state index < -0.39 is 58.4 Å². The molecular weight excluding hydrogens is 954 g/mol. The van der Waals surface area contributed by atoms with E-state index in [4.69, 9.17) is 23.5 Å². The summed E-state index contributed by atoms with van der Waals surface area (Å²) < 4.78 is 47.3. The lowest BCUT2D eigenvalue weighted by atomic mass is 9.85. The first-order valence-corrected chi connectivity index (χ1v) is 25.1. The van der Waals surface area contributed by atoms with Gasteiger partial charge in [-0.1, -0.05) is 63.2 Å². The van der Waals surface area contributed by atoms with Gasteiger partial charge in [-0.2, -0.15) is 13.2 Å². The van der Waals surface area contributed by atoms with Crippen molar-refractivity contribution in [1.29, 1.82) is 0 Å². The number of aliphatic hydroxyl groups excluding tert-OH is 1. The molecule has 3 atom stereocenters. The molecule has 0 spiro atoms. The summed E-state index contributed by atoms with van der Waals surface area (Å²) in [5.41, 5.74) is 2.87. The van der Waals surface area contributed by atoms with Gasteiger partial charge in [-0.3, -0.25) is 24.1 Å². The molecule has 3 aliphatic rings. The Hall–Kier alpha value is -5.78. The number of β-amino-alcohol motifs (C(OH)–C–C–N with tert-alkyl or cyclic N) is 1. The van der Waals surface area contributed by atoms with Gasteiger partial charge in [0.15, 0.2) is 10.8 Å². The molecule has 0 bridgehead atoms. The minimum absolute atomic E-state index is 0.00893. The fraction of sp³-hybridized carbons (Fsp3) is 0.481. The summed E-state index contributed by atoms with van der Waals surface area (Å²) in [5, 5.41) is 16.5. The third kappa shape index (κ3) is 12.1. The number of amides is 4. The third-order valence-electron chi connectivity index (χ3n) is 13.5. The molecular formula is C52H61F3N8O6S2. The van der Waals surface area contributed by atoms with E-state index >= 15 is 0 Å². The van der Waals surface area contributed by atoms with E-state index in [0.29, 0.717) is 31.2 Å². The van der Waals surface area contributed by atoms with Crippen LogP contribution in [0.4, 0.5) is 30.2 Å². The largest absolute Gasteiger partial charge is 0.407 e. The van der Waals surface area contributed by atoms with Gasteiger partial charge in [-0.25, -0.2) is 9.83 Å². The number of benzene rings is 3. The second-order valence-electron chi connectivity index (χ2n) is 20.0. The van der Waals surface area contributed by atoms with E-state index in [9.17, 15) is 37.5 Å². The number of anilines is 2. The molecule has 1 aromatic heterocycles. The zero-order chi connectivity index (χ0) is 51.4. The quantitative estimate of drug-likeness (QED) is 0.0567. The predicted octanol–water partition coefficient (Wildman–Crippen LogP) is 8.39. The van der Waals surface area contributed by atoms with Gasteiger partial charge in [-0.05, 0) is 118 Å². The molecule has 4 amide bonds. The smallest absolute Gasteiger partial charge is 0.391 e. The number of carbonyl (C=O) groups is 4. The number of ether oxygens (including phenoxy) is 1. The van der Waals surface area contributed by atoms with Crippen LogP contribution in [-0.2, 0) is 36.6 Å². The lowest BCUT2D eigenvalue weighted by molar-refractivity contribution is -0.144. The van der Waals surface area contributed by atoms with E-state index in [1.165, 1.54) is 11.0 Å². The number of carbonyl (C=O) groups excluding carboxylic acids is 4. The minimum atomic E-state index is -4.78. The molecule has 4 heterocycles. The van der Waals surface area contributed by atoms with E-state index in [0.717, 1.165) is 76.8 Å². The molecule has 3 fully saturated rings. The van der Waals surface area contributed by atoms with E-state index in [2.05, 4.69) is 25.4 Å². The fourth-order valence-corrected chi connectivity index (χ4v) is 10.8. The standard InChI is InChI=1S/C52H61F3N8O6S2/c1-32-44(71-31-58-32)36-12-10-33(11-13-36)29-57-46(66)42-28-39(64)30-61(42)47(67)45(50(2,3)4)59-43(65)9-8-25-69-26-24-60-22-20-35(21-23-60)34-14-16-37(17-15-34)63-49(70)62(48(68)51(63,5)6)38-18-19-41(56-7)40(27-38)52(53,54)55/h10-19,27,31,35,39,42,45,64H,8-9,20-26,28-30H2,1-6H3,(H,57,66)(H,59,65)/t39-,42+,45-/m1/s1. The highest BCUT2D eigenvalue weighted by molar-refractivity contribution is 7.81. The number of aryl methyl sites for hydroxylation is 1. The van der Waals surface area contributed by atoms with E-state index in [-0.39, 0.29) is 48.5 Å². The zero-order valence-corrected chi connectivity index (χ0v) is 42.5. The molecule has 0 unspecified atom stereocenters. The summed E-state index contributed by atoms with van der Waals surface area (Å²) in [7, 11) is 0. The fourth-order valence-electron chi connectivity index (χ4n) is 9.47. The predicted molar refractivity (Wildman–Crippen MR) is 271 cm³/mol. The molecule has 3 N–H and O–H groups in total. The van der Waals surface area contributed by atoms with Crippen molar-refractivity contribution < 1.29 is 42.2 Å². The first kappa shape index (κ1) is 53.0. The first-order valence-electron chi connectivity index (χ1n) is 23.8. The van der Waals surface area contributed by atoms with E-state index in [1.807, 2.05) is 81.7 Å². The number of hydrogen-bond donors (Lipinski definition) is 3. The van der Waals surface area contributed by atoms with Gasteiger partial charge in [0.2, 0.25) is 17.7 Å². The number of thiazole rings is 1. The number of rotatable bonds is 16. The van der Waals surface area contributed by atoms with Crippen molar-refractivity contribution in [2.24, 2.45) is 5.41 Å². The van der Waals surface area contributed by atoms with Crippen LogP contribution in [0.5, 0.6) is 0 Å². The number of piperidine rings is 1. The zero-order valence-electron chi connectivity index (χ0n) is 40.8. The van der Waals surface area contributed by atoms with Crippen LogP contribution in [0, 0.1) is 18.9 Å². The first-order chi connectivity index (χ1) is 33.6. The van der Waals surface area contributed by atoms with Crippen molar-refractivity contribution in [3.63, 3.8) is 0 Å². The maximum absolute atomic E-state index is 14.0. The summed E-state index contributed by atoms with van der Waals surface area (Å²) in [4.78, 5) is 69.3. The molecule has 7 rings (SSSR count). The molecule has 378 valence electrons. The van der Waals surface area contributed by atoms with Gasteiger partial charge >= 0.3 is 6.18 Å². The monoisotopic (exact) mass is 1010 g/mol. The van der Waals surface area contributed by atoms with Crippen LogP contribution in [0.3, 0.4) is 0 Å². The van der Waals surface area contributed by atoms with Crippen LogP contribution >= 0.6 is 23.6 Å². The third-order valence-corrected chi connectivity index (χ3v) is 14.8. The lowest BCUT2D eigenvalue weighted by Gasteiger charge is -2.35. The average molecular weight is 1020 g/mol. The molecule has 3 saturated heterocycles. The summed E-state index contributed by atoms with van der Waals surface area (Å²) in [6.07, 6.45) is -3.12. The SMILES string of the molecule is [C-]#[N+]c1ccc(N2C(=O)C(C)(C)N(c3ccc(C4CCN(CCOCCCC(=O)N[C@H](C(=O)N5C[C@H](O)C[C@H]5C(=O)NCc5ccc(-c6scnc6C)cc5)C(C)(C)C)CC4)cc3)C2=S)cc1C(F)(F)F. The van der Waals surface area contributed by atoms with Crippen molar-refractivity contribution in [2.75, 3.05) is 49.2 Å². The number of nitrogens with zero attached hydrogens (tertiary/aromatic N) is 6. The molecule has 0 radical (unpaired) electrons.